The monoisotopic (exact) mass is 317 g/mol. The molecule has 7 heteroatoms. The summed E-state index contributed by atoms with van der Waals surface area (Å²) in [5.41, 5.74) is 1.01. The van der Waals surface area contributed by atoms with E-state index in [2.05, 4.69) is 9.97 Å². The van der Waals surface area contributed by atoms with Gasteiger partial charge >= 0.3 is 0 Å². The first-order valence-electron chi connectivity index (χ1n) is 6.93. The van der Waals surface area contributed by atoms with E-state index < -0.39 is 15.9 Å². The summed E-state index contributed by atoms with van der Waals surface area (Å²) < 4.78 is 24.8. The highest BCUT2D eigenvalue weighted by Gasteiger charge is 2.38. The third-order valence-corrected chi connectivity index (χ3v) is 5.50. The van der Waals surface area contributed by atoms with Crippen LogP contribution in [0.3, 0.4) is 0 Å². The van der Waals surface area contributed by atoms with Gasteiger partial charge in [-0.05, 0) is 13.3 Å². The molecule has 1 saturated heterocycles. The Labute approximate surface area is 128 Å². The van der Waals surface area contributed by atoms with Crippen LogP contribution in [-0.2, 0) is 10.0 Å². The largest absolute Gasteiger partial charge is 0.270 e. The van der Waals surface area contributed by atoms with Gasteiger partial charge in [-0.3, -0.25) is 4.79 Å². The fraction of sp³-hybridized carbons (Fsp3) is 0.267. The normalized spacial score (nSPS) is 20.0. The predicted molar refractivity (Wildman–Crippen MR) is 81.5 cm³/mol. The summed E-state index contributed by atoms with van der Waals surface area (Å²) in [4.78, 5) is 20.7. The number of hydrogen-bond donors (Lipinski definition) is 0. The average molecular weight is 317 g/mol. The third kappa shape index (κ3) is 2.59. The van der Waals surface area contributed by atoms with Crippen LogP contribution < -0.4 is 0 Å². The van der Waals surface area contributed by atoms with E-state index in [1.165, 1.54) is 12.4 Å². The van der Waals surface area contributed by atoms with E-state index in [0.717, 1.165) is 9.87 Å². The van der Waals surface area contributed by atoms with Crippen molar-refractivity contribution in [2.75, 3.05) is 5.75 Å². The first-order valence-corrected chi connectivity index (χ1v) is 8.54. The molecule has 114 valence electrons. The molecule has 0 aliphatic carbocycles. The molecule has 1 aromatic carbocycles. The average Bonchev–Trinajstić information content (AvgIpc) is 2.81. The molecule has 1 aliphatic heterocycles. The summed E-state index contributed by atoms with van der Waals surface area (Å²) in [6.07, 6.45) is 3.20. The lowest BCUT2D eigenvalue weighted by atomic mass is 10.2. The van der Waals surface area contributed by atoms with Gasteiger partial charge in [0.1, 0.15) is 0 Å². The molecule has 1 atom stereocenters. The fourth-order valence-corrected chi connectivity index (χ4v) is 4.29. The molecule has 1 amide bonds. The maximum Gasteiger partial charge on any atom is 0.270 e. The first-order chi connectivity index (χ1) is 10.5. The minimum Gasteiger partial charge on any atom is -0.268 e. The highest BCUT2D eigenvalue weighted by Crippen LogP contribution is 2.23. The number of sulfonamides is 1. The van der Waals surface area contributed by atoms with Gasteiger partial charge in [-0.2, -0.15) is 0 Å². The SMILES string of the molecule is CC1CCS(=O)(=O)N1C(=O)c1cnc(-c2ccccc2)nc1. The van der Waals surface area contributed by atoms with E-state index in [1.807, 2.05) is 30.3 Å². The molecule has 0 spiro atoms. The molecule has 1 aliphatic rings. The van der Waals surface area contributed by atoms with Crippen molar-refractivity contribution >= 4 is 15.9 Å². The Bertz CT molecular complexity index is 789. The van der Waals surface area contributed by atoms with Gasteiger partial charge in [-0.15, -0.1) is 0 Å². The number of hydrogen-bond acceptors (Lipinski definition) is 5. The van der Waals surface area contributed by atoms with Crippen LogP contribution in [0.5, 0.6) is 0 Å². The summed E-state index contributed by atoms with van der Waals surface area (Å²) in [7, 11) is -3.52. The molecule has 0 saturated carbocycles. The zero-order chi connectivity index (χ0) is 15.7. The lowest BCUT2D eigenvalue weighted by Gasteiger charge is -2.19. The predicted octanol–water partition coefficient (Wildman–Crippen LogP) is 1.71. The van der Waals surface area contributed by atoms with Crippen molar-refractivity contribution in [1.82, 2.24) is 14.3 Å². The molecule has 2 heterocycles. The Morgan fingerprint density at radius 2 is 1.82 bits per heavy atom. The number of aromatic nitrogens is 2. The third-order valence-electron chi connectivity index (χ3n) is 3.62. The molecular formula is C15H15N3O3S. The molecule has 2 aromatic rings. The molecule has 22 heavy (non-hydrogen) atoms. The van der Waals surface area contributed by atoms with E-state index in [0.29, 0.717) is 12.2 Å². The van der Waals surface area contributed by atoms with Crippen LogP contribution in [0.15, 0.2) is 42.7 Å². The fourth-order valence-electron chi connectivity index (χ4n) is 2.44. The van der Waals surface area contributed by atoms with Crippen LogP contribution in [-0.4, -0.2) is 40.4 Å². The number of benzene rings is 1. The standard InChI is InChI=1S/C15H15N3O3S/c1-11-7-8-22(20,21)18(11)15(19)13-9-16-14(17-10-13)12-5-3-2-4-6-12/h2-6,9-11H,7-8H2,1H3. The Balaban J connectivity index is 1.89. The molecular weight excluding hydrogens is 302 g/mol. The van der Waals surface area contributed by atoms with Crippen molar-refractivity contribution in [2.45, 2.75) is 19.4 Å². The lowest BCUT2D eigenvalue weighted by molar-refractivity contribution is 0.0838. The lowest BCUT2D eigenvalue weighted by Crippen LogP contribution is -2.37. The second-order valence-corrected chi connectivity index (χ2v) is 7.18. The Morgan fingerprint density at radius 3 is 2.36 bits per heavy atom. The maximum atomic E-state index is 12.4. The zero-order valence-electron chi connectivity index (χ0n) is 12.0. The van der Waals surface area contributed by atoms with Crippen molar-refractivity contribution in [1.29, 1.82) is 0 Å². The highest BCUT2D eigenvalue weighted by atomic mass is 32.2. The van der Waals surface area contributed by atoms with Gasteiger partial charge in [0, 0.05) is 24.0 Å². The van der Waals surface area contributed by atoms with E-state index in [9.17, 15) is 13.2 Å². The van der Waals surface area contributed by atoms with Crippen molar-refractivity contribution in [3.63, 3.8) is 0 Å². The van der Waals surface area contributed by atoms with Crippen molar-refractivity contribution in [2.24, 2.45) is 0 Å². The smallest absolute Gasteiger partial charge is 0.268 e. The topological polar surface area (TPSA) is 80.2 Å². The Morgan fingerprint density at radius 1 is 1.18 bits per heavy atom. The first kappa shape index (κ1) is 14.6. The van der Waals surface area contributed by atoms with Crippen molar-refractivity contribution < 1.29 is 13.2 Å². The molecule has 1 unspecified atom stereocenters. The Kier molecular flexibility index (Phi) is 3.66. The van der Waals surface area contributed by atoms with Crippen molar-refractivity contribution in [3.8, 4) is 11.4 Å². The van der Waals surface area contributed by atoms with Crippen LogP contribution in [0.4, 0.5) is 0 Å². The van der Waals surface area contributed by atoms with Crippen molar-refractivity contribution in [3.05, 3.63) is 48.3 Å². The summed E-state index contributed by atoms with van der Waals surface area (Å²) in [5.74, 6) is -0.0674. The molecule has 1 fully saturated rings. The van der Waals surface area contributed by atoms with Crippen LogP contribution in [0.1, 0.15) is 23.7 Å². The van der Waals surface area contributed by atoms with Crippen LogP contribution in [0.2, 0.25) is 0 Å². The minimum absolute atomic E-state index is 0.00284. The minimum atomic E-state index is -3.52. The highest BCUT2D eigenvalue weighted by molar-refractivity contribution is 7.89. The van der Waals surface area contributed by atoms with E-state index in [-0.39, 0.29) is 17.4 Å². The van der Waals surface area contributed by atoms with Gasteiger partial charge in [0.15, 0.2) is 5.82 Å². The number of nitrogens with zero attached hydrogens (tertiary/aromatic N) is 3. The molecule has 1 aromatic heterocycles. The Hall–Kier alpha value is -2.28. The maximum absolute atomic E-state index is 12.4. The van der Waals surface area contributed by atoms with Gasteiger partial charge in [0.05, 0.1) is 11.3 Å². The summed E-state index contributed by atoms with van der Waals surface area (Å²) in [5, 5.41) is 0. The van der Waals surface area contributed by atoms with Crippen LogP contribution in [0.25, 0.3) is 11.4 Å². The number of carbonyl (C=O) groups is 1. The molecule has 3 rings (SSSR count). The van der Waals surface area contributed by atoms with E-state index in [1.54, 1.807) is 6.92 Å². The number of carbonyl (C=O) groups excluding carboxylic acids is 1. The quantitative estimate of drug-likeness (QED) is 0.842. The number of amides is 1. The van der Waals surface area contributed by atoms with Crippen LogP contribution >= 0.6 is 0 Å². The van der Waals surface area contributed by atoms with E-state index >= 15 is 0 Å². The molecule has 6 nitrogen and oxygen atoms in total. The molecule has 0 N–H and O–H groups in total. The van der Waals surface area contributed by atoms with Gasteiger partial charge in [-0.25, -0.2) is 22.7 Å². The van der Waals surface area contributed by atoms with E-state index in [4.69, 9.17) is 0 Å². The van der Waals surface area contributed by atoms with Gasteiger partial charge in [0.25, 0.3) is 5.91 Å². The molecule has 0 radical (unpaired) electrons. The summed E-state index contributed by atoms with van der Waals surface area (Å²) >= 11 is 0. The summed E-state index contributed by atoms with van der Waals surface area (Å²) in [6.45, 7) is 1.72. The second-order valence-electron chi connectivity index (χ2n) is 5.22. The number of rotatable bonds is 2. The second kappa shape index (κ2) is 5.49. The zero-order valence-corrected chi connectivity index (χ0v) is 12.8. The van der Waals surface area contributed by atoms with Gasteiger partial charge < -0.3 is 0 Å². The van der Waals surface area contributed by atoms with Gasteiger partial charge in [0.2, 0.25) is 10.0 Å². The van der Waals surface area contributed by atoms with Gasteiger partial charge in [-0.1, -0.05) is 30.3 Å². The van der Waals surface area contributed by atoms with Crippen LogP contribution in [0, 0.1) is 0 Å². The molecule has 0 bridgehead atoms. The summed E-state index contributed by atoms with van der Waals surface area (Å²) in [6, 6.07) is 9.03.